The molecule has 0 spiro atoms. The minimum atomic E-state index is -0.205. The molecule has 10 aromatic carbocycles. The molecule has 1 aliphatic heterocycles. The minimum Gasteiger partial charge on any atom is -0.456 e. The molecular formula is C63H39N3OS. The first kappa shape index (κ1) is 38.6. The number of hydrogen-bond donors (Lipinski definition) is 1. The van der Waals surface area contributed by atoms with Crippen molar-refractivity contribution in [3.63, 3.8) is 0 Å². The van der Waals surface area contributed by atoms with Crippen LogP contribution in [-0.2, 0) is 0 Å². The van der Waals surface area contributed by atoms with Crippen LogP contribution in [-0.4, -0.2) is 10.7 Å². The molecule has 0 amide bonds. The lowest BCUT2D eigenvalue weighted by atomic mass is 9.90. The Morgan fingerprint density at radius 1 is 0.441 bits per heavy atom. The number of aliphatic imine (C=N–C) groups is 1. The first-order valence-electron chi connectivity index (χ1n) is 23.1. The van der Waals surface area contributed by atoms with E-state index in [0.29, 0.717) is 0 Å². The van der Waals surface area contributed by atoms with E-state index < -0.39 is 0 Å². The number of furan rings is 1. The van der Waals surface area contributed by atoms with Gasteiger partial charge >= 0.3 is 0 Å². The van der Waals surface area contributed by atoms with Gasteiger partial charge in [0.25, 0.3) is 0 Å². The van der Waals surface area contributed by atoms with Crippen LogP contribution in [0.15, 0.2) is 234 Å². The van der Waals surface area contributed by atoms with Crippen molar-refractivity contribution in [1.82, 2.24) is 10.3 Å². The van der Waals surface area contributed by atoms with Gasteiger partial charge in [0.05, 0.1) is 16.9 Å². The third kappa shape index (κ3) is 6.20. The monoisotopic (exact) mass is 885 g/mol. The maximum atomic E-state index is 6.49. The maximum absolute atomic E-state index is 6.49. The van der Waals surface area contributed by atoms with E-state index in [-0.39, 0.29) is 6.17 Å². The SMILES string of the molecule is C1=C(c2ccc3c(c2)sc2c(-c4cc(-c5cccc6c5nc(-c5ccccc5)c5ccc7oc8ccccc8c7c56)cc5ccccc45)cccc23)NC(c2ccccc2)N=C1c1ccccc1. The fraction of sp³-hybridized carbons (Fsp3) is 0.0159. The summed E-state index contributed by atoms with van der Waals surface area (Å²) >= 11 is 1.87. The molecule has 13 aromatic rings. The van der Waals surface area contributed by atoms with Crippen molar-refractivity contribution in [3.05, 3.63) is 241 Å². The smallest absolute Gasteiger partial charge is 0.145 e. The van der Waals surface area contributed by atoms with Gasteiger partial charge in [0.1, 0.15) is 17.3 Å². The van der Waals surface area contributed by atoms with Crippen LogP contribution in [0.5, 0.6) is 0 Å². The van der Waals surface area contributed by atoms with Crippen LogP contribution in [0, 0.1) is 0 Å². The molecule has 0 aliphatic carbocycles. The lowest BCUT2D eigenvalue weighted by Gasteiger charge is -2.25. The maximum Gasteiger partial charge on any atom is 0.145 e. The summed E-state index contributed by atoms with van der Waals surface area (Å²) in [7, 11) is 0. The molecule has 0 bridgehead atoms. The summed E-state index contributed by atoms with van der Waals surface area (Å²) in [6, 6.07) is 78.1. The summed E-state index contributed by atoms with van der Waals surface area (Å²) in [5.74, 6) is 0. The van der Waals surface area contributed by atoms with E-state index in [2.05, 4.69) is 224 Å². The molecule has 318 valence electrons. The van der Waals surface area contributed by atoms with Gasteiger partial charge in [-0.1, -0.05) is 182 Å². The Hall–Kier alpha value is -8.64. The summed E-state index contributed by atoms with van der Waals surface area (Å²) in [6.07, 6.45) is 1.99. The molecule has 5 heteroatoms. The Balaban J connectivity index is 0.954. The zero-order valence-corrected chi connectivity index (χ0v) is 37.5. The number of para-hydroxylation sites is 2. The van der Waals surface area contributed by atoms with Crippen molar-refractivity contribution in [3.8, 4) is 33.5 Å². The second kappa shape index (κ2) is 15.5. The Kier molecular flexibility index (Phi) is 8.79. The van der Waals surface area contributed by atoms with Crippen LogP contribution in [0.3, 0.4) is 0 Å². The largest absolute Gasteiger partial charge is 0.456 e. The Labute approximate surface area is 395 Å². The van der Waals surface area contributed by atoms with Crippen molar-refractivity contribution in [1.29, 1.82) is 0 Å². The second-order valence-electron chi connectivity index (χ2n) is 17.6. The average molecular weight is 886 g/mol. The number of pyridine rings is 1. The molecule has 1 aliphatic rings. The molecule has 1 atom stereocenters. The second-order valence-corrected chi connectivity index (χ2v) is 18.7. The van der Waals surface area contributed by atoms with E-state index in [1.807, 2.05) is 17.4 Å². The topological polar surface area (TPSA) is 50.4 Å². The number of thiophene rings is 1. The van der Waals surface area contributed by atoms with Gasteiger partial charge in [-0.25, -0.2) is 4.98 Å². The van der Waals surface area contributed by atoms with Crippen LogP contribution in [0.4, 0.5) is 0 Å². The third-order valence-electron chi connectivity index (χ3n) is 13.7. The van der Waals surface area contributed by atoms with Gasteiger partial charge in [0.2, 0.25) is 0 Å². The van der Waals surface area contributed by atoms with Gasteiger partial charge < -0.3 is 9.73 Å². The summed E-state index contributed by atoms with van der Waals surface area (Å²) in [5, 5.41) is 14.3. The normalized spacial score (nSPS) is 14.0. The number of fused-ring (bicyclic) bond motifs is 11. The molecule has 0 saturated carbocycles. The van der Waals surface area contributed by atoms with Crippen molar-refractivity contribution < 1.29 is 4.42 Å². The number of aromatic nitrogens is 1. The predicted molar refractivity (Wildman–Crippen MR) is 287 cm³/mol. The van der Waals surface area contributed by atoms with E-state index in [0.717, 1.165) is 94.1 Å². The van der Waals surface area contributed by atoms with Crippen LogP contribution < -0.4 is 5.32 Å². The van der Waals surface area contributed by atoms with E-state index in [1.165, 1.54) is 42.1 Å². The molecule has 1 unspecified atom stereocenters. The molecule has 0 radical (unpaired) electrons. The fourth-order valence-electron chi connectivity index (χ4n) is 10.5. The summed E-state index contributed by atoms with van der Waals surface area (Å²) in [4.78, 5) is 10.8. The lowest BCUT2D eigenvalue weighted by molar-refractivity contribution is 0.664. The van der Waals surface area contributed by atoms with Crippen LogP contribution in [0.25, 0.3) is 114 Å². The highest BCUT2D eigenvalue weighted by Gasteiger charge is 2.23. The van der Waals surface area contributed by atoms with Gasteiger partial charge in [-0.15, -0.1) is 11.3 Å². The van der Waals surface area contributed by atoms with Crippen molar-refractivity contribution in [2.45, 2.75) is 6.17 Å². The molecule has 0 fully saturated rings. The van der Waals surface area contributed by atoms with Crippen LogP contribution in [0.2, 0.25) is 0 Å². The van der Waals surface area contributed by atoms with E-state index in [1.54, 1.807) is 0 Å². The molecule has 14 rings (SSSR count). The molecule has 68 heavy (non-hydrogen) atoms. The highest BCUT2D eigenvalue weighted by atomic mass is 32.1. The van der Waals surface area contributed by atoms with Crippen LogP contribution in [0.1, 0.15) is 22.9 Å². The average Bonchev–Trinajstić information content (AvgIpc) is 3.99. The summed E-state index contributed by atoms with van der Waals surface area (Å²) in [5.41, 5.74) is 14.8. The van der Waals surface area contributed by atoms with Crippen molar-refractivity contribution in [2.75, 3.05) is 0 Å². The Morgan fingerprint density at radius 3 is 1.97 bits per heavy atom. The fourth-order valence-corrected chi connectivity index (χ4v) is 11.8. The van der Waals surface area contributed by atoms with Crippen molar-refractivity contribution in [2.24, 2.45) is 4.99 Å². The molecule has 4 heterocycles. The van der Waals surface area contributed by atoms with E-state index in [4.69, 9.17) is 14.4 Å². The number of allylic oxidation sites excluding steroid dienone is 1. The summed E-state index contributed by atoms with van der Waals surface area (Å²) in [6.45, 7) is 0. The lowest BCUT2D eigenvalue weighted by Crippen LogP contribution is -2.24. The number of nitrogens with zero attached hydrogens (tertiary/aromatic N) is 2. The molecule has 0 saturated heterocycles. The highest BCUT2D eigenvalue weighted by Crippen LogP contribution is 2.47. The standard InChI is InChI=1S/C63H39N3OS/c1-4-16-38(17-5-1)53-37-54(65-63(64-53)40-20-8-3-9-21-40)42-30-31-46-47-26-15-27-48(62(47)68-57(46)36-42)52-35-43(34-41-22-10-11-23-44(41)52)45-25-14-28-50-58-51(60(66-61(45)50)39-18-6-2-7-19-39)32-33-56-59(58)49-24-12-13-29-55(49)67-56/h1-37,63,65H. The van der Waals surface area contributed by atoms with E-state index >= 15 is 0 Å². The number of hydrogen-bond acceptors (Lipinski definition) is 5. The van der Waals surface area contributed by atoms with E-state index in [9.17, 15) is 0 Å². The number of nitrogens with one attached hydrogen (secondary N) is 1. The first-order valence-corrected chi connectivity index (χ1v) is 23.9. The third-order valence-corrected chi connectivity index (χ3v) is 14.9. The van der Waals surface area contributed by atoms with Gasteiger partial charge in [0, 0.05) is 69.5 Å². The summed E-state index contributed by atoms with van der Waals surface area (Å²) < 4.78 is 9.00. The first-order chi connectivity index (χ1) is 33.7. The van der Waals surface area contributed by atoms with Gasteiger partial charge in [-0.2, -0.15) is 0 Å². The quantitative estimate of drug-likeness (QED) is 0.169. The zero-order valence-electron chi connectivity index (χ0n) is 36.7. The van der Waals surface area contributed by atoms with Gasteiger partial charge in [-0.3, -0.25) is 4.99 Å². The van der Waals surface area contributed by atoms with Gasteiger partial charge in [0.15, 0.2) is 0 Å². The number of benzene rings is 10. The molecule has 3 aromatic heterocycles. The molecule has 4 nitrogen and oxygen atoms in total. The van der Waals surface area contributed by atoms with Crippen molar-refractivity contribution >= 4 is 97.3 Å². The Morgan fingerprint density at radius 2 is 1.13 bits per heavy atom. The molecular weight excluding hydrogens is 847 g/mol. The molecule has 1 N–H and O–H groups in total. The minimum absolute atomic E-state index is 0.205. The number of rotatable bonds is 6. The van der Waals surface area contributed by atoms with Gasteiger partial charge in [-0.05, 0) is 81.1 Å². The zero-order chi connectivity index (χ0) is 44.7. The highest BCUT2D eigenvalue weighted by molar-refractivity contribution is 7.26. The predicted octanol–water partition coefficient (Wildman–Crippen LogP) is 16.9. The Bertz CT molecular complexity index is 4230. The van der Waals surface area contributed by atoms with Crippen LogP contribution >= 0.6 is 11.3 Å².